The highest BCUT2D eigenvalue weighted by atomic mass is 127. The molecule has 0 bridgehead atoms. The zero-order chi connectivity index (χ0) is 13.5. The lowest BCUT2D eigenvalue weighted by atomic mass is 10.3. The minimum Gasteiger partial charge on any atom is -0.460 e. The second-order valence-electron chi connectivity index (χ2n) is 4.27. The van der Waals surface area contributed by atoms with Crippen molar-refractivity contribution < 1.29 is 4.42 Å². The van der Waals surface area contributed by atoms with Crippen LogP contribution in [0.15, 0.2) is 46.8 Å². The van der Waals surface area contributed by atoms with Crippen LogP contribution in [0.3, 0.4) is 0 Å². The van der Waals surface area contributed by atoms with Gasteiger partial charge < -0.3 is 9.73 Å². The normalized spacial score (nSPS) is 11.2. The van der Waals surface area contributed by atoms with E-state index in [2.05, 4.69) is 43.3 Å². The zero-order valence-corrected chi connectivity index (χ0v) is 13.1. The predicted molar refractivity (Wildman–Crippen MR) is 89.6 cm³/mol. The fourth-order valence-electron chi connectivity index (χ4n) is 2.15. The molecule has 1 N–H and O–H groups in total. The Morgan fingerprint density at radius 1 is 1.25 bits per heavy atom. The summed E-state index contributed by atoms with van der Waals surface area (Å²) in [6, 6.07) is 3.87. The van der Waals surface area contributed by atoms with Crippen LogP contribution in [0.5, 0.6) is 0 Å². The molecule has 4 aromatic rings. The van der Waals surface area contributed by atoms with Crippen molar-refractivity contribution in [2.24, 2.45) is 0 Å². The molecule has 0 aromatic carbocycles. The third-order valence-corrected chi connectivity index (χ3v) is 4.79. The summed E-state index contributed by atoms with van der Waals surface area (Å²) in [7, 11) is 0. The molecule has 4 heterocycles. The first-order valence-electron chi connectivity index (χ1n) is 5.93. The van der Waals surface area contributed by atoms with E-state index in [-0.39, 0.29) is 0 Å². The van der Waals surface area contributed by atoms with Gasteiger partial charge >= 0.3 is 0 Å². The largest absolute Gasteiger partial charge is 0.460 e. The lowest BCUT2D eigenvalue weighted by Gasteiger charge is -2.05. The van der Waals surface area contributed by atoms with E-state index >= 15 is 0 Å². The molecule has 20 heavy (non-hydrogen) atoms. The average Bonchev–Trinajstić information content (AvgIpc) is 3.07. The summed E-state index contributed by atoms with van der Waals surface area (Å²) in [4.78, 5) is 8.59. The van der Waals surface area contributed by atoms with Crippen LogP contribution < -0.4 is 5.32 Å². The van der Waals surface area contributed by atoms with E-state index in [0.717, 1.165) is 30.7 Å². The highest BCUT2D eigenvalue weighted by Gasteiger charge is 2.11. The molecule has 0 spiro atoms. The lowest BCUT2D eigenvalue weighted by Crippen LogP contribution is -1.93. The molecule has 0 aliphatic heterocycles. The minimum atomic E-state index is 0.736. The van der Waals surface area contributed by atoms with Gasteiger partial charge in [-0.3, -0.25) is 4.98 Å². The first kappa shape index (κ1) is 12.1. The molecule has 0 saturated carbocycles. The van der Waals surface area contributed by atoms with Crippen LogP contribution >= 0.6 is 33.9 Å². The number of aromatic nitrogens is 2. The van der Waals surface area contributed by atoms with Crippen molar-refractivity contribution >= 4 is 66.5 Å². The van der Waals surface area contributed by atoms with Gasteiger partial charge in [-0.05, 0) is 34.7 Å². The Bertz CT molecular complexity index is 915. The Hall–Kier alpha value is -1.67. The van der Waals surface area contributed by atoms with Crippen LogP contribution in [0.4, 0.5) is 11.5 Å². The van der Waals surface area contributed by atoms with Gasteiger partial charge in [0.05, 0.1) is 16.7 Å². The number of thiophene rings is 1. The Labute approximate surface area is 132 Å². The molecule has 0 saturated heterocycles. The molecule has 0 atom stereocenters. The van der Waals surface area contributed by atoms with Gasteiger partial charge in [-0.25, -0.2) is 4.98 Å². The van der Waals surface area contributed by atoms with Crippen LogP contribution in [-0.4, -0.2) is 9.97 Å². The summed E-state index contributed by atoms with van der Waals surface area (Å²) in [5.41, 5.74) is 1.81. The van der Waals surface area contributed by atoms with Crippen LogP contribution in [0.25, 0.3) is 21.1 Å². The van der Waals surface area contributed by atoms with E-state index < -0.39 is 0 Å². The second kappa shape index (κ2) is 4.71. The first-order valence-corrected chi connectivity index (χ1v) is 7.89. The summed E-state index contributed by atoms with van der Waals surface area (Å²) in [6.45, 7) is 0. The second-order valence-corrected chi connectivity index (χ2v) is 6.34. The van der Waals surface area contributed by atoms with Gasteiger partial charge in [0.1, 0.15) is 0 Å². The smallest absolute Gasteiger partial charge is 0.176 e. The van der Waals surface area contributed by atoms with Gasteiger partial charge in [0.25, 0.3) is 0 Å². The number of anilines is 2. The number of pyridine rings is 2. The SMILES string of the molecule is Ic1cncc2scc(Nc3nccc4ccoc34)c12. The van der Waals surface area contributed by atoms with Gasteiger partial charge in [0, 0.05) is 38.3 Å². The van der Waals surface area contributed by atoms with E-state index in [4.69, 9.17) is 4.42 Å². The molecule has 0 aliphatic rings. The van der Waals surface area contributed by atoms with E-state index in [1.165, 1.54) is 5.39 Å². The summed E-state index contributed by atoms with van der Waals surface area (Å²) in [5.74, 6) is 0.736. The van der Waals surface area contributed by atoms with Crippen molar-refractivity contribution in [3.63, 3.8) is 0 Å². The molecule has 6 heteroatoms. The standard InChI is InChI=1S/C14H8IN3OS/c15-9-5-16-6-11-12(9)10(7-20-11)18-14-13-8(1-3-17-14)2-4-19-13/h1-7H,(H,17,18). The van der Waals surface area contributed by atoms with Gasteiger partial charge in [-0.1, -0.05) is 0 Å². The van der Waals surface area contributed by atoms with Gasteiger partial charge in [-0.2, -0.15) is 0 Å². The number of hydrogen-bond donors (Lipinski definition) is 1. The maximum atomic E-state index is 5.50. The zero-order valence-electron chi connectivity index (χ0n) is 10.1. The average molecular weight is 393 g/mol. The van der Waals surface area contributed by atoms with E-state index in [0.29, 0.717) is 0 Å². The van der Waals surface area contributed by atoms with Gasteiger partial charge in [0.2, 0.25) is 0 Å². The number of rotatable bonds is 2. The Balaban J connectivity index is 1.87. The topological polar surface area (TPSA) is 51.0 Å². The van der Waals surface area contributed by atoms with Crippen molar-refractivity contribution in [2.75, 3.05) is 5.32 Å². The molecule has 4 rings (SSSR count). The van der Waals surface area contributed by atoms with Crippen molar-refractivity contribution in [3.05, 3.63) is 45.9 Å². The van der Waals surface area contributed by atoms with Crippen LogP contribution in [0, 0.1) is 3.57 Å². The summed E-state index contributed by atoms with van der Waals surface area (Å²) in [5, 5.41) is 7.67. The van der Waals surface area contributed by atoms with Crippen LogP contribution in [-0.2, 0) is 0 Å². The first-order chi connectivity index (χ1) is 9.83. The number of hydrogen-bond acceptors (Lipinski definition) is 5. The van der Waals surface area contributed by atoms with E-state index in [1.54, 1.807) is 23.8 Å². The third-order valence-electron chi connectivity index (χ3n) is 3.06. The molecule has 0 radical (unpaired) electrons. The van der Waals surface area contributed by atoms with E-state index in [9.17, 15) is 0 Å². The van der Waals surface area contributed by atoms with Crippen molar-refractivity contribution in [1.29, 1.82) is 0 Å². The fraction of sp³-hybridized carbons (Fsp3) is 0. The summed E-state index contributed by atoms with van der Waals surface area (Å²) < 4.78 is 7.78. The molecular weight excluding hydrogens is 385 g/mol. The predicted octanol–water partition coefficient (Wildman–Crippen LogP) is 4.79. The van der Waals surface area contributed by atoms with Crippen molar-refractivity contribution in [1.82, 2.24) is 9.97 Å². The molecule has 98 valence electrons. The Kier molecular flexibility index (Phi) is 2.85. The molecule has 4 nitrogen and oxygen atoms in total. The third kappa shape index (κ3) is 1.87. The quantitative estimate of drug-likeness (QED) is 0.498. The number of halogens is 1. The highest BCUT2D eigenvalue weighted by molar-refractivity contribution is 14.1. The monoisotopic (exact) mass is 393 g/mol. The lowest BCUT2D eigenvalue weighted by molar-refractivity contribution is 0.615. The molecular formula is C14H8IN3OS. The minimum absolute atomic E-state index is 0.736. The molecule has 4 aromatic heterocycles. The summed E-state index contributed by atoms with van der Waals surface area (Å²) in [6.07, 6.45) is 7.20. The fourth-order valence-corrected chi connectivity index (χ4v) is 3.96. The summed E-state index contributed by atoms with van der Waals surface area (Å²) >= 11 is 3.97. The van der Waals surface area contributed by atoms with E-state index in [1.807, 2.05) is 24.5 Å². The number of furan rings is 1. The Morgan fingerprint density at radius 3 is 3.15 bits per heavy atom. The van der Waals surface area contributed by atoms with Crippen LogP contribution in [0.2, 0.25) is 0 Å². The Morgan fingerprint density at radius 2 is 2.20 bits per heavy atom. The molecule has 0 unspecified atom stereocenters. The number of nitrogens with zero attached hydrogens (tertiary/aromatic N) is 2. The van der Waals surface area contributed by atoms with Crippen LogP contribution in [0.1, 0.15) is 0 Å². The van der Waals surface area contributed by atoms with Gasteiger partial charge in [-0.15, -0.1) is 11.3 Å². The maximum absolute atomic E-state index is 5.50. The van der Waals surface area contributed by atoms with Gasteiger partial charge in [0.15, 0.2) is 11.4 Å². The highest BCUT2D eigenvalue weighted by Crippen LogP contribution is 2.35. The molecule has 0 amide bonds. The number of nitrogens with one attached hydrogen (secondary N) is 1. The molecule has 0 fully saturated rings. The number of fused-ring (bicyclic) bond motifs is 2. The van der Waals surface area contributed by atoms with Crippen molar-refractivity contribution in [2.45, 2.75) is 0 Å². The molecule has 0 aliphatic carbocycles. The maximum Gasteiger partial charge on any atom is 0.176 e. The van der Waals surface area contributed by atoms with Crippen molar-refractivity contribution in [3.8, 4) is 0 Å².